The molecule has 0 bridgehead atoms. The molecular weight excluding hydrogens is 212 g/mol. The molecule has 1 aliphatic heterocycles. The first-order valence-electron chi connectivity index (χ1n) is 5.68. The second-order valence-electron chi connectivity index (χ2n) is 4.26. The van der Waals surface area contributed by atoms with E-state index in [0.717, 1.165) is 29.1 Å². The van der Waals surface area contributed by atoms with Gasteiger partial charge in [-0.05, 0) is 30.6 Å². The molecule has 1 heterocycles. The smallest absolute Gasteiger partial charge is 0.227 e. The number of hydrogen-bond acceptors (Lipinski definition) is 2. The largest absolute Gasteiger partial charge is 0.360 e. The zero-order valence-corrected chi connectivity index (χ0v) is 10.8. The maximum atomic E-state index is 11.4. The lowest BCUT2D eigenvalue weighted by Gasteiger charge is -2.30. The molecule has 92 valence electrons. The number of amides is 1. The van der Waals surface area contributed by atoms with Crippen LogP contribution in [0.2, 0.25) is 0 Å². The highest BCUT2D eigenvalue weighted by Gasteiger charge is 2.19. The normalized spacial score (nSPS) is 19.8. The Labute approximate surface area is 103 Å². The molecule has 1 amide bonds. The molecule has 3 heteroatoms. The van der Waals surface area contributed by atoms with Gasteiger partial charge in [-0.3, -0.25) is 4.79 Å². The average molecular weight is 232 g/mol. The lowest BCUT2D eigenvalue weighted by molar-refractivity contribution is -0.122. The van der Waals surface area contributed by atoms with Gasteiger partial charge in [-0.25, -0.2) is 0 Å². The highest BCUT2D eigenvalue weighted by Crippen LogP contribution is 2.22. The van der Waals surface area contributed by atoms with Crippen LogP contribution in [0.5, 0.6) is 0 Å². The number of carbonyl (C=O) groups excluding carboxylic acids is 1. The lowest BCUT2D eigenvalue weighted by Crippen LogP contribution is -2.41. The Morgan fingerprint density at radius 1 is 1.47 bits per heavy atom. The van der Waals surface area contributed by atoms with E-state index >= 15 is 0 Å². The zero-order chi connectivity index (χ0) is 13.0. The molecular formula is C14H20N2O. The SMILES string of the molecule is C=C/C=C(\C)C(=C)/C(C)=C1/NC(=O)CCN1C. The second kappa shape index (κ2) is 5.53. The van der Waals surface area contributed by atoms with Crippen molar-refractivity contribution in [3.8, 4) is 0 Å². The summed E-state index contributed by atoms with van der Waals surface area (Å²) >= 11 is 0. The maximum absolute atomic E-state index is 11.4. The number of carbonyl (C=O) groups is 1. The molecule has 0 atom stereocenters. The van der Waals surface area contributed by atoms with E-state index in [1.54, 1.807) is 6.08 Å². The molecule has 1 saturated heterocycles. The van der Waals surface area contributed by atoms with Crippen LogP contribution in [-0.4, -0.2) is 24.4 Å². The van der Waals surface area contributed by atoms with Crippen LogP contribution >= 0.6 is 0 Å². The lowest BCUT2D eigenvalue weighted by atomic mass is 10.0. The van der Waals surface area contributed by atoms with E-state index in [9.17, 15) is 4.79 Å². The minimum absolute atomic E-state index is 0.0654. The summed E-state index contributed by atoms with van der Waals surface area (Å²) in [6, 6.07) is 0. The van der Waals surface area contributed by atoms with Gasteiger partial charge < -0.3 is 10.2 Å². The Bertz CT molecular complexity index is 416. The Morgan fingerprint density at radius 2 is 2.12 bits per heavy atom. The summed E-state index contributed by atoms with van der Waals surface area (Å²) in [5, 5.41) is 2.90. The van der Waals surface area contributed by atoms with E-state index < -0.39 is 0 Å². The summed E-state index contributed by atoms with van der Waals surface area (Å²) in [5.41, 5.74) is 2.98. The van der Waals surface area contributed by atoms with E-state index in [2.05, 4.69) is 18.5 Å². The monoisotopic (exact) mass is 232 g/mol. The Kier molecular flexibility index (Phi) is 4.32. The first-order valence-corrected chi connectivity index (χ1v) is 5.68. The minimum atomic E-state index is 0.0654. The van der Waals surface area contributed by atoms with Gasteiger partial charge in [0.05, 0.1) is 0 Å². The summed E-state index contributed by atoms with van der Waals surface area (Å²) in [7, 11) is 1.97. The predicted molar refractivity (Wildman–Crippen MR) is 71.2 cm³/mol. The molecule has 17 heavy (non-hydrogen) atoms. The summed E-state index contributed by atoms with van der Waals surface area (Å²) in [6.07, 6.45) is 4.19. The molecule has 1 rings (SSSR count). The molecule has 0 saturated carbocycles. The van der Waals surface area contributed by atoms with Crippen LogP contribution in [-0.2, 0) is 4.79 Å². The second-order valence-corrected chi connectivity index (χ2v) is 4.26. The third-order valence-electron chi connectivity index (χ3n) is 2.97. The van der Waals surface area contributed by atoms with Gasteiger partial charge in [0.25, 0.3) is 0 Å². The highest BCUT2D eigenvalue weighted by atomic mass is 16.1. The van der Waals surface area contributed by atoms with Crippen molar-refractivity contribution < 1.29 is 4.79 Å². The first kappa shape index (κ1) is 13.3. The van der Waals surface area contributed by atoms with Crippen molar-refractivity contribution in [1.82, 2.24) is 10.2 Å². The third kappa shape index (κ3) is 3.09. The molecule has 0 aromatic carbocycles. The number of nitrogens with one attached hydrogen (secondary N) is 1. The van der Waals surface area contributed by atoms with Crippen molar-refractivity contribution >= 4 is 5.91 Å². The maximum Gasteiger partial charge on any atom is 0.227 e. The van der Waals surface area contributed by atoms with Crippen molar-refractivity contribution in [3.05, 3.63) is 47.9 Å². The van der Waals surface area contributed by atoms with Gasteiger partial charge in [0.1, 0.15) is 5.82 Å². The van der Waals surface area contributed by atoms with Gasteiger partial charge in [0, 0.05) is 20.0 Å². The molecule has 1 fully saturated rings. The highest BCUT2D eigenvalue weighted by molar-refractivity contribution is 5.79. The van der Waals surface area contributed by atoms with Crippen LogP contribution in [0, 0.1) is 0 Å². The van der Waals surface area contributed by atoms with Crippen molar-refractivity contribution in [3.63, 3.8) is 0 Å². The molecule has 0 radical (unpaired) electrons. The van der Waals surface area contributed by atoms with Crippen molar-refractivity contribution in [2.75, 3.05) is 13.6 Å². The van der Waals surface area contributed by atoms with E-state index in [-0.39, 0.29) is 5.91 Å². The van der Waals surface area contributed by atoms with E-state index in [1.165, 1.54) is 0 Å². The van der Waals surface area contributed by atoms with Gasteiger partial charge >= 0.3 is 0 Å². The molecule has 1 aliphatic rings. The molecule has 0 aromatic heterocycles. The minimum Gasteiger partial charge on any atom is -0.360 e. The van der Waals surface area contributed by atoms with Crippen LogP contribution in [0.3, 0.4) is 0 Å². The van der Waals surface area contributed by atoms with Crippen LogP contribution in [0.15, 0.2) is 47.9 Å². The summed E-state index contributed by atoms with van der Waals surface area (Å²) in [5.74, 6) is 0.915. The molecule has 3 nitrogen and oxygen atoms in total. The number of rotatable bonds is 3. The Morgan fingerprint density at radius 3 is 2.71 bits per heavy atom. The van der Waals surface area contributed by atoms with Crippen molar-refractivity contribution in [1.29, 1.82) is 0 Å². The Hall–Kier alpha value is -1.77. The average Bonchev–Trinajstić information content (AvgIpc) is 2.30. The van der Waals surface area contributed by atoms with Crippen LogP contribution in [0.25, 0.3) is 0 Å². The zero-order valence-electron chi connectivity index (χ0n) is 10.8. The van der Waals surface area contributed by atoms with E-state index in [1.807, 2.05) is 31.9 Å². The fourth-order valence-electron chi connectivity index (χ4n) is 1.77. The molecule has 0 aliphatic carbocycles. The molecule has 0 aromatic rings. The van der Waals surface area contributed by atoms with E-state index in [0.29, 0.717) is 6.42 Å². The quantitative estimate of drug-likeness (QED) is 0.758. The standard InChI is InChI=1S/C14H20N2O/c1-6-7-10(2)11(3)12(4)14-15-13(17)8-9-16(14)5/h6-7H,1,3,8-9H2,2,4-5H3,(H,15,17)/b10-7+,14-12-. The van der Waals surface area contributed by atoms with Gasteiger partial charge in [-0.15, -0.1) is 0 Å². The van der Waals surface area contributed by atoms with Gasteiger partial charge in [0.15, 0.2) is 0 Å². The van der Waals surface area contributed by atoms with Crippen LogP contribution in [0.4, 0.5) is 0 Å². The third-order valence-corrected chi connectivity index (χ3v) is 2.97. The molecule has 0 unspecified atom stereocenters. The fraction of sp³-hybridized carbons (Fsp3) is 0.357. The number of nitrogens with zero attached hydrogens (tertiary/aromatic N) is 1. The summed E-state index contributed by atoms with van der Waals surface area (Å²) < 4.78 is 0. The van der Waals surface area contributed by atoms with Crippen molar-refractivity contribution in [2.24, 2.45) is 0 Å². The summed E-state index contributed by atoms with van der Waals surface area (Å²) in [4.78, 5) is 13.5. The number of allylic oxidation sites excluding steroid dienone is 5. The summed E-state index contributed by atoms with van der Waals surface area (Å²) in [6.45, 7) is 12.4. The van der Waals surface area contributed by atoms with Gasteiger partial charge in [0.2, 0.25) is 5.91 Å². The van der Waals surface area contributed by atoms with Gasteiger partial charge in [-0.2, -0.15) is 0 Å². The fourth-order valence-corrected chi connectivity index (χ4v) is 1.77. The first-order chi connectivity index (χ1) is 7.97. The van der Waals surface area contributed by atoms with Gasteiger partial charge in [-0.1, -0.05) is 25.3 Å². The topological polar surface area (TPSA) is 32.3 Å². The Balaban J connectivity index is 3.02. The van der Waals surface area contributed by atoms with E-state index in [4.69, 9.17) is 0 Å². The molecule has 0 spiro atoms. The van der Waals surface area contributed by atoms with Crippen molar-refractivity contribution in [2.45, 2.75) is 20.3 Å². The van der Waals surface area contributed by atoms with Crippen LogP contribution in [0.1, 0.15) is 20.3 Å². The van der Waals surface area contributed by atoms with Crippen LogP contribution < -0.4 is 5.32 Å². The number of hydrogen-bond donors (Lipinski definition) is 1. The predicted octanol–water partition coefficient (Wildman–Crippen LogP) is 2.36. The molecule has 1 N–H and O–H groups in total.